The molecule has 0 saturated carbocycles. The molecule has 0 bridgehead atoms. The third-order valence-corrected chi connectivity index (χ3v) is 7.07. The minimum atomic E-state index is -0.455. The van der Waals surface area contributed by atoms with Crippen LogP contribution in [0.5, 0.6) is 28.7 Å². The van der Waals surface area contributed by atoms with Gasteiger partial charge in [-0.25, -0.2) is 9.18 Å². The minimum absolute atomic E-state index is 0.0658. The molecule has 2 N–H and O–H groups in total. The number of aromatic nitrogens is 1. The zero-order valence-electron chi connectivity index (χ0n) is 22.1. The van der Waals surface area contributed by atoms with E-state index in [0.717, 1.165) is 12.0 Å². The van der Waals surface area contributed by atoms with E-state index in [4.69, 9.17) is 35.3 Å². The molecule has 6 rings (SSSR count). The first-order valence-electron chi connectivity index (χ1n) is 13.2. The fourth-order valence-electron chi connectivity index (χ4n) is 4.71. The summed E-state index contributed by atoms with van der Waals surface area (Å²) in [5, 5.41) is 6.47. The van der Waals surface area contributed by atoms with Crippen LogP contribution in [0.1, 0.15) is 24.9 Å². The number of ether oxygens (including phenoxy) is 5. The number of carbonyl (C=O) groups excluding carboxylic acids is 1. The van der Waals surface area contributed by atoms with E-state index in [1.807, 2.05) is 6.07 Å². The van der Waals surface area contributed by atoms with Crippen LogP contribution in [0, 0.1) is 5.82 Å². The lowest BCUT2D eigenvalue weighted by Crippen LogP contribution is -2.31. The topological polar surface area (TPSA) is 100 Å². The second kappa shape index (κ2) is 11.7. The van der Waals surface area contributed by atoms with Gasteiger partial charge in [0.1, 0.15) is 36.6 Å². The number of carbonyl (C=O) groups is 1. The van der Waals surface area contributed by atoms with E-state index < -0.39 is 6.03 Å². The first kappa shape index (κ1) is 26.9. The summed E-state index contributed by atoms with van der Waals surface area (Å²) < 4.78 is 43.0. The van der Waals surface area contributed by atoms with Gasteiger partial charge < -0.3 is 34.3 Å². The van der Waals surface area contributed by atoms with Crippen LogP contribution >= 0.6 is 11.6 Å². The van der Waals surface area contributed by atoms with Crippen LogP contribution in [0.3, 0.4) is 0 Å². The van der Waals surface area contributed by atoms with E-state index in [1.54, 1.807) is 49.5 Å². The van der Waals surface area contributed by atoms with Gasteiger partial charge in [-0.15, -0.1) is 0 Å². The van der Waals surface area contributed by atoms with E-state index in [2.05, 4.69) is 15.6 Å². The fourth-order valence-corrected chi connectivity index (χ4v) is 4.93. The Morgan fingerprint density at radius 1 is 1.05 bits per heavy atom. The van der Waals surface area contributed by atoms with Gasteiger partial charge in [0.05, 0.1) is 40.9 Å². The van der Waals surface area contributed by atoms with Gasteiger partial charge in [0.2, 0.25) is 5.75 Å². The number of nitrogens with zero attached hydrogens (tertiary/aromatic N) is 1. The first-order valence-corrected chi connectivity index (χ1v) is 13.6. The molecule has 1 aromatic heterocycles. The van der Waals surface area contributed by atoms with Crippen molar-refractivity contribution in [3.8, 4) is 28.7 Å². The number of benzene rings is 3. The van der Waals surface area contributed by atoms with Crippen molar-refractivity contribution >= 4 is 34.2 Å². The number of hydrogen-bond donors (Lipinski definition) is 2. The zero-order valence-corrected chi connectivity index (χ0v) is 22.9. The van der Waals surface area contributed by atoms with Crippen LogP contribution in [-0.4, -0.2) is 43.5 Å². The Morgan fingerprint density at radius 2 is 1.85 bits per heavy atom. The van der Waals surface area contributed by atoms with E-state index >= 15 is 0 Å². The summed E-state index contributed by atoms with van der Waals surface area (Å²) in [5.41, 5.74) is 1.79. The average molecular weight is 580 g/mol. The number of rotatable bonds is 7. The van der Waals surface area contributed by atoms with Crippen molar-refractivity contribution in [1.82, 2.24) is 10.3 Å². The van der Waals surface area contributed by atoms with E-state index in [0.29, 0.717) is 71.8 Å². The molecule has 9 nitrogen and oxygen atoms in total. The maximum Gasteiger partial charge on any atom is 0.319 e. The van der Waals surface area contributed by atoms with Crippen molar-refractivity contribution in [3.05, 3.63) is 77.2 Å². The van der Waals surface area contributed by atoms with E-state index in [9.17, 15) is 9.18 Å². The van der Waals surface area contributed by atoms with Crippen LogP contribution in [0.4, 0.5) is 14.9 Å². The molecule has 0 spiro atoms. The number of halogens is 2. The van der Waals surface area contributed by atoms with Gasteiger partial charge in [0.25, 0.3) is 0 Å². The maximum absolute atomic E-state index is 13.2. The molecule has 0 aliphatic carbocycles. The van der Waals surface area contributed by atoms with Crippen LogP contribution in [0.15, 0.2) is 60.8 Å². The Balaban J connectivity index is 1.20. The minimum Gasteiger partial charge on any atom is -0.485 e. The highest BCUT2D eigenvalue weighted by Gasteiger charge is 2.27. The van der Waals surface area contributed by atoms with Gasteiger partial charge in [-0.05, 0) is 42.8 Å². The molecule has 11 heteroatoms. The predicted octanol–water partition coefficient (Wildman–Crippen LogP) is 6.64. The van der Waals surface area contributed by atoms with Gasteiger partial charge in [0.15, 0.2) is 11.5 Å². The summed E-state index contributed by atoms with van der Waals surface area (Å²) in [7, 11) is 0. The number of fused-ring (bicyclic) bond motifs is 3. The predicted molar refractivity (Wildman–Crippen MR) is 151 cm³/mol. The molecule has 2 amide bonds. The van der Waals surface area contributed by atoms with Crippen molar-refractivity contribution in [1.29, 1.82) is 0 Å². The quantitative estimate of drug-likeness (QED) is 0.253. The van der Waals surface area contributed by atoms with Crippen molar-refractivity contribution in [2.75, 3.05) is 31.7 Å². The lowest BCUT2D eigenvalue weighted by atomic mass is 10.1. The summed E-state index contributed by atoms with van der Waals surface area (Å²) >= 11 is 6.50. The second-order valence-electron chi connectivity index (χ2n) is 9.65. The Hall–Kier alpha value is -4.28. The molecule has 1 saturated heterocycles. The van der Waals surface area contributed by atoms with Gasteiger partial charge >= 0.3 is 6.03 Å². The summed E-state index contributed by atoms with van der Waals surface area (Å²) in [6.45, 7) is 3.75. The molecule has 3 heterocycles. The highest BCUT2D eigenvalue weighted by Crippen LogP contribution is 2.49. The number of amides is 2. The summed E-state index contributed by atoms with van der Waals surface area (Å²) in [4.78, 5) is 17.1. The number of pyridine rings is 1. The Morgan fingerprint density at radius 3 is 2.61 bits per heavy atom. The molecule has 4 aromatic rings. The number of hydrogen-bond acceptors (Lipinski definition) is 7. The van der Waals surface area contributed by atoms with E-state index in [1.165, 1.54) is 12.1 Å². The molecule has 2 aliphatic rings. The third kappa shape index (κ3) is 5.94. The van der Waals surface area contributed by atoms with Gasteiger partial charge in [-0.3, -0.25) is 4.98 Å². The van der Waals surface area contributed by atoms with Crippen molar-refractivity contribution in [2.24, 2.45) is 0 Å². The smallest absolute Gasteiger partial charge is 0.319 e. The zero-order chi connectivity index (χ0) is 28.3. The van der Waals surface area contributed by atoms with Gasteiger partial charge in [-0.2, -0.15) is 0 Å². The number of nitrogens with one attached hydrogen (secondary N) is 2. The summed E-state index contributed by atoms with van der Waals surface area (Å²) in [6.07, 6.45) is 2.37. The van der Waals surface area contributed by atoms with Crippen molar-refractivity contribution < 1.29 is 32.9 Å². The molecule has 3 aromatic carbocycles. The monoisotopic (exact) mass is 579 g/mol. The largest absolute Gasteiger partial charge is 0.485 e. The molecule has 1 fully saturated rings. The first-order chi connectivity index (χ1) is 19.9. The summed E-state index contributed by atoms with van der Waals surface area (Å²) in [6, 6.07) is 13.6. The Kier molecular flexibility index (Phi) is 7.67. The Labute approximate surface area is 240 Å². The molecular weight excluding hydrogens is 553 g/mol. The van der Waals surface area contributed by atoms with Gasteiger partial charge in [0, 0.05) is 24.8 Å². The van der Waals surface area contributed by atoms with Gasteiger partial charge in [-0.1, -0.05) is 23.7 Å². The van der Waals surface area contributed by atoms with Crippen LogP contribution in [0.2, 0.25) is 5.02 Å². The molecule has 2 atom stereocenters. The molecular formula is C30H27ClFN3O6. The number of urea groups is 1. The SMILES string of the molecule is C[C@H](NC(=O)Nc1ccc(Oc2ccnc3cc(OC4CCOC4)c4c(c23)OCCO4)cc1Cl)c1ccc(F)cc1. The normalized spacial score (nSPS) is 16.7. The number of anilines is 1. The van der Waals surface area contributed by atoms with Crippen molar-refractivity contribution in [2.45, 2.75) is 25.5 Å². The van der Waals surface area contributed by atoms with Crippen LogP contribution in [-0.2, 0) is 4.74 Å². The maximum atomic E-state index is 13.2. The van der Waals surface area contributed by atoms with Crippen molar-refractivity contribution in [3.63, 3.8) is 0 Å². The fraction of sp³-hybridized carbons (Fsp3) is 0.267. The molecule has 1 unspecified atom stereocenters. The third-order valence-electron chi connectivity index (χ3n) is 6.76. The van der Waals surface area contributed by atoms with Crippen LogP contribution in [0.25, 0.3) is 10.9 Å². The highest BCUT2D eigenvalue weighted by atomic mass is 35.5. The second-order valence-corrected chi connectivity index (χ2v) is 10.1. The highest BCUT2D eigenvalue weighted by molar-refractivity contribution is 6.33. The van der Waals surface area contributed by atoms with Crippen LogP contribution < -0.4 is 29.6 Å². The Bertz CT molecular complexity index is 1580. The standard InChI is InChI=1S/C30H27ClFN3O6/c1-17(18-2-4-19(32)5-3-18)34-30(36)35-23-7-6-20(14-22(23)31)40-25-8-10-33-24-15-26(41-21-9-11-37-16-21)28-29(27(24)25)39-13-12-38-28/h2-8,10,14-15,17,21H,9,11-13,16H2,1H3,(H2,34,35,36)/t17-,21?/m0/s1. The average Bonchev–Trinajstić information content (AvgIpc) is 3.48. The molecule has 41 heavy (non-hydrogen) atoms. The molecule has 212 valence electrons. The lowest BCUT2D eigenvalue weighted by molar-refractivity contribution is 0.128. The summed E-state index contributed by atoms with van der Waals surface area (Å²) in [5.74, 6) is 2.16. The molecule has 2 aliphatic heterocycles. The molecule has 0 radical (unpaired) electrons. The lowest BCUT2D eigenvalue weighted by Gasteiger charge is -2.24. The van der Waals surface area contributed by atoms with E-state index in [-0.39, 0.29) is 23.0 Å².